The van der Waals surface area contributed by atoms with E-state index in [-0.39, 0.29) is 11.8 Å². The van der Waals surface area contributed by atoms with E-state index in [0.29, 0.717) is 18.5 Å². The van der Waals surface area contributed by atoms with Gasteiger partial charge in [-0.15, -0.1) is 0 Å². The van der Waals surface area contributed by atoms with Crippen LogP contribution in [0.25, 0.3) is 0 Å². The molecule has 0 spiro atoms. The van der Waals surface area contributed by atoms with E-state index in [4.69, 9.17) is 0 Å². The summed E-state index contributed by atoms with van der Waals surface area (Å²) in [5.41, 5.74) is 1.21. The van der Waals surface area contributed by atoms with Gasteiger partial charge in [-0.2, -0.15) is 5.10 Å². The van der Waals surface area contributed by atoms with Gasteiger partial charge in [0, 0.05) is 26.0 Å². The SMILES string of the molecule is Cn1cc(C(=O)N[C@@H]2CCCN(c3cccnc3)C2=O)cn1. The Morgan fingerprint density at radius 3 is 2.95 bits per heavy atom. The Labute approximate surface area is 127 Å². The topological polar surface area (TPSA) is 80.1 Å². The number of hydrogen-bond donors (Lipinski definition) is 1. The Balaban J connectivity index is 1.72. The van der Waals surface area contributed by atoms with Gasteiger partial charge in [0.2, 0.25) is 5.91 Å². The molecule has 0 aromatic carbocycles. The highest BCUT2D eigenvalue weighted by molar-refractivity contribution is 6.02. The van der Waals surface area contributed by atoms with Crippen LogP contribution in [0, 0.1) is 0 Å². The fourth-order valence-corrected chi connectivity index (χ4v) is 2.56. The minimum Gasteiger partial charge on any atom is -0.340 e. The maximum atomic E-state index is 12.6. The maximum Gasteiger partial charge on any atom is 0.255 e. The number of rotatable bonds is 3. The second kappa shape index (κ2) is 5.97. The highest BCUT2D eigenvalue weighted by atomic mass is 16.2. The van der Waals surface area contributed by atoms with Crippen LogP contribution < -0.4 is 10.2 Å². The third-order valence-electron chi connectivity index (χ3n) is 3.67. The first-order chi connectivity index (χ1) is 10.6. The number of nitrogens with zero attached hydrogens (tertiary/aromatic N) is 4. The average molecular weight is 299 g/mol. The van der Waals surface area contributed by atoms with E-state index in [0.717, 1.165) is 12.1 Å². The Bertz CT molecular complexity index is 682. The number of carbonyl (C=O) groups is 2. The zero-order valence-corrected chi connectivity index (χ0v) is 12.3. The van der Waals surface area contributed by atoms with Crippen molar-refractivity contribution in [1.29, 1.82) is 0 Å². The second-order valence-corrected chi connectivity index (χ2v) is 5.27. The molecular formula is C15H17N5O2. The number of pyridine rings is 1. The first-order valence-electron chi connectivity index (χ1n) is 7.16. The first-order valence-corrected chi connectivity index (χ1v) is 7.16. The molecule has 1 aliphatic rings. The minimum absolute atomic E-state index is 0.100. The lowest BCUT2D eigenvalue weighted by Crippen LogP contribution is -2.52. The van der Waals surface area contributed by atoms with Crippen LogP contribution in [0.2, 0.25) is 0 Å². The van der Waals surface area contributed by atoms with E-state index >= 15 is 0 Å². The van der Waals surface area contributed by atoms with Crippen molar-refractivity contribution >= 4 is 17.5 Å². The molecule has 0 aliphatic carbocycles. The molecule has 7 nitrogen and oxygen atoms in total. The number of aromatic nitrogens is 3. The van der Waals surface area contributed by atoms with Crippen molar-refractivity contribution < 1.29 is 9.59 Å². The van der Waals surface area contributed by atoms with Crippen molar-refractivity contribution in [2.24, 2.45) is 7.05 Å². The van der Waals surface area contributed by atoms with Crippen molar-refractivity contribution in [3.63, 3.8) is 0 Å². The molecule has 3 heterocycles. The molecule has 1 atom stereocenters. The molecule has 1 aliphatic heterocycles. The molecule has 2 aromatic heterocycles. The van der Waals surface area contributed by atoms with Crippen molar-refractivity contribution in [2.75, 3.05) is 11.4 Å². The largest absolute Gasteiger partial charge is 0.340 e. The van der Waals surface area contributed by atoms with Gasteiger partial charge in [-0.3, -0.25) is 19.3 Å². The molecule has 0 radical (unpaired) electrons. The molecule has 0 unspecified atom stereocenters. The Kier molecular flexibility index (Phi) is 3.86. The van der Waals surface area contributed by atoms with Gasteiger partial charge in [-0.05, 0) is 25.0 Å². The predicted molar refractivity (Wildman–Crippen MR) is 80.3 cm³/mol. The van der Waals surface area contributed by atoms with E-state index in [1.54, 1.807) is 41.3 Å². The fourth-order valence-electron chi connectivity index (χ4n) is 2.56. The number of nitrogens with one attached hydrogen (secondary N) is 1. The molecule has 114 valence electrons. The zero-order chi connectivity index (χ0) is 15.5. The van der Waals surface area contributed by atoms with Gasteiger partial charge in [0.25, 0.3) is 5.91 Å². The summed E-state index contributed by atoms with van der Waals surface area (Å²) in [6, 6.07) is 3.12. The van der Waals surface area contributed by atoms with Crippen LogP contribution in [0.15, 0.2) is 36.9 Å². The number of aryl methyl sites for hydroxylation is 1. The number of hydrogen-bond acceptors (Lipinski definition) is 4. The molecule has 1 saturated heterocycles. The van der Waals surface area contributed by atoms with E-state index in [1.807, 2.05) is 6.07 Å². The molecule has 3 rings (SSSR count). The summed E-state index contributed by atoms with van der Waals surface area (Å²) in [6.45, 7) is 0.643. The lowest BCUT2D eigenvalue weighted by Gasteiger charge is -2.32. The van der Waals surface area contributed by atoms with Gasteiger partial charge in [0.05, 0.1) is 23.6 Å². The van der Waals surface area contributed by atoms with Gasteiger partial charge < -0.3 is 10.2 Å². The third-order valence-corrected chi connectivity index (χ3v) is 3.67. The zero-order valence-electron chi connectivity index (χ0n) is 12.3. The van der Waals surface area contributed by atoms with Crippen LogP contribution >= 0.6 is 0 Å². The van der Waals surface area contributed by atoms with E-state index in [1.165, 1.54) is 6.20 Å². The molecule has 0 bridgehead atoms. The molecular weight excluding hydrogens is 282 g/mol. The van der Waals surface area contributed by atoms with Crippen LogP contribution in [-0.2, 0) is 11.8 Å². The highest BCUT2D eigenvalue weighted by Gasteiger charge is 2.31. The van der Waals surface area contributed by atoms with E-state index < -0.39 is 6.04 Å². The summed E-state index contributed by atoms with van der Waals surface area (Å²) in [5.74, 6) is -0.379. The average Bonchev–Trinajstić information content (AvgIpc) is 2.97. The van der Waals surface area contributed by atoms with Gasteiger partial charge >= 0.3 is 0 Å². The number of carbonyl (C=O) groups excluding carboxylic acids is 2. The van der Waals surface area contributed by atoms with Crippen molar-refractivity contribution in [3.05, 3.63) is 42.5 Å². The molecule has 7 heteroatoms. The van der Waals surface area contributed by atoms with Crippen LogP contribution in [0.1, 0.15) is 23.2 Å². The molecule has 1 fully saturated rings. The standard InChI is InChI=1S/C15H17N5O2/c1-19-10-11(8-17-19)14(21)18-13-5-3-7-20(15(13)22)12-4-2-6-16-9-12/h2,4,6,8-10,13H,3,5,7H2,1H3,(H,18,21)/t13-/m1/s1. The van der Waals surface area contributed by atoms with E-state index in [9.17, 15) is 9.59 Å². The summed E-state index contributed by atoms with van der Waals surface area (Å²) in [5, 5.41) is 6.76. The highest BCUT2D eigenvalue weighted by Crippen LogP contribution is 2.20. The normalized spacial score (nSPS) is 18.3. The van der Waals surface area contributed by atoms with Crippen molar-refractivity contribution in [2.45, 2.75) is 18.9 Å². The summed E-state index contributed by atoms with van der Waals surface area (Å²) < 4.78 is 1.56. The lowest BCUT2D eigenvalue weighted by atomic mass is 10.0. The Morgan fingerprint density at radius 1 is 1.41 bits per heavy atom. The quantitative estimate of drug-likeness (QED) is 0.906. The van der Waals surface area contributed by atoms with Gasteiger partial charge in [-0.1, -0.05) is 0 Å². The van der Waals surface area contributed by atoms with Crippen LogP contribution in [0.3, 0.4) is 0 Å². The third kappa shape index (κ3) is 2.83. The molecule has 2 amide bonds. The number of anilines is 1. The van der Waals surface area contributed by atoms with Gasteiger partial charge in [0.1, 0.15) is 6.04 Å². The van der Waals surface area contributed by atoms with Crippen molar-refractivity contribution in [3.8, 4) is 0 Å². The Hall–Kier alpha value is -2.70. The monoisotopic (exact) mass is 299 g/mol. The summed E-state index contributed by atoms with van der Waals surface area (Å²) in [7, 11) is 1.74. The Morgan fingerprint density at radius 2 is 2.27 bits per heavy atom. The second-order valence-electron chi connectivity index (χ2n) is 5.27. The minimum atomic E-state index is -0.512. The summed E-state index contributed by atoms with van der Waals surface area (Å²) in [6.07, 6.45) is 7.91. The summed E-state index contributed by atoms with van der Waals surface area (Å²) in [4.78, 5) is 30.4. The molecule has 2 aromatic rings. The van der Waals surface area contributed by atoms with Gasteiger partial charge in [-0.25, -0.2) is 0 Å². The fraction of sp³-hybridized carbons (Fsp3) is 0.333. The lowest BCUT2D eigenvalue weighted by molar-refractivity contribution is -0.121. The van der Waals surface area contributed by atoms with Crippen LogP contribution in [0.4, 0.5) is 5.69 Å². The van der Waals surface area contributed by atoms with Crippen molar-refractivity contribution in [1.82, 2.24) is 20.1 Å². The molecule has 22 heavy (non-hydrogen) atoms. The number of piperidine rings is 1. The molecule has 0 saturated carbocycles. The summed E-state index contributed by atoms with van der Waals surface area (Å²) >= 11 is 0. The van der Waals surface area contributed by atoms with E-state index in [2.05, 4.69) is 15.4 Å². The van der Waals surface area contributed by atoms with Gasteiger partial charge in [0.15, 0.2) is 0 Å². The maximum absolute atomic E-state index is 12.6. The predicted octanol–water partition coefficient (Wildman–Crippen LogP) is 0.741. The van der Waals surface area contributed by atoms with Crippen LogP contribution in [-0.4, -0.2) is 39.2 Å². The smallest absolute Gasteiger partial charge is 0.255 e. The van der Waals surface area contributed by atoms with Crippen LogP contribution in [0.5, 0.6) is 0 Å². The first kappa shape index (κ1) is 14.2. The number of amides is 2. The molecule has 1 N–H and O–H groups in total.